The van der Waals surface area contributed by atoms with E-state index >= 15 is 0 Å². The van der Waals surface area contributed by atoms with Crippen LogP contribution in [0, 0.1) is 17.3 Å². The minimum absolute atomic E-state index is 0.360. The second-order valence-corrected chi connectivity index (χ2v) is 6.01. The Labute approximate surface area is 107 Å². The van der Waals surface area contributed by atoms with E-state index in [0.717, 1.165) is 19.1 Å². The van der Waals surface area contributed by atoms with Crippen molar-refractivity contribution in [3.8, 4) is 0 Å². The van der Waals surface area contributed by atoms with Crippen LogP contribution in [0.1, 0.15) is 58.8 Å². The summed E-state index contributed by atoms with van der Waals surface area (Å²) in [7, 11) is 1.80. The highest BCUT2D eigenvalue weighted by atomic mass is 16.5. The van der Waals surface area contributed by atoms with Gasteiger partial charge in [-0.3, -0.25) is 0 Å². The average molecular weight is 241 g/mol. The maximum Gasteiger partial charge on any atom is 0.0493 e. The van der Waals surface area contributed by atoms with Crippen LogP contribution in [0.5, 0.6) is 0 Å². The number of hydrogen-bond acceptors (Lipinski definition) is 2. The summed E-state index contributed by atoms with van der Waals surface area (Å²) in [6, 6.07) is 0. The predicted octanol–water partition coefficient (Wildman–Crippen LogP) is 3.59. The van der Waals surface area contributed by atoms with Crippen LogP contribution < -0.4 is 5.73 Å². The standard InChI is InChI=1S/C15H31NO/c1-4-5-6-14-7-9-15(12-16,10-8-14)13(2)11-17-3/h13-14H,4-12,16H2,1-3H3. The number of unbranched alkanes of at least 4 members (excludes halogenated alkanes) is 1. The van der Waals surface area contributed by atoms with Crippen molar-refractivity contribution >= 4 is 0 Å². The summed E-state index contributed by atoms with van der Waals surface area (Å²) >= 11 is 0. The van der Waals surface area contributed by atoms with E-state index in [1.165, 1.54) is 44.9 Å². The lowest BCUT2D eigenvalue weighted by Gasteiger charge is -2.43. The van der Waals surface area contributed by atoms with Crippen LogP contribution in [-0.4, -0.2) is 20.3 Å². The summed E-state index contributed by atoms with van der Waals surface area (Å²) < 4.78 is 5.32. The molecule has 1 rings (SSSR count). The maximum atomic E-state index is 6.06. The normalized spacial score (nSPS) is 31.4. The van der Waals surface area contributed by atoms with Gasteiger partial charge in [0.15, 0.2) is 0 Å². The summed E-state index contributed by atoms with van der Waals surface area (Å²) in [5, 5.41) is 0. The average Bonchev–Trinajstić information content (AvgIpc) is 2.37. The molecule has 1 saturated carbocycles. The van der Waals surface area contributed by atoms with Gasteiger partial charge in [0.25, 0.3) is 0 Å². The van der Waals surface area contributed by atoms with Gasteiger partial charge in [-0.15, -0.1) is 0 Å². The smallest absolute Gasteiger partial charge is 0.0493 e. The first kappa shape index (κ1) is 15.0. The van der Waals surface area contributed by atoms with Crippen molar-refractivity contribution in [2.24, 2.45) is 23.0 Å². The topological polar surface area (TPSA) is 35.2 Å². The molecular formula is C15H31NO. The highest BCUT2D eigenvalue weighted by Crippen LogP contribution is 2.44. The van der Waals surface area contributed by atoms with Crippen LogP contribution in [0.25, 0.3) is 0 Å². The number of nitrogens with two attached hydrogens (primary N) is 1. The molecule has 1 fully saturated rings. The van der Waals surface area contributed by atoms with Gasteiger partial charge in [-0.05, 0) is 49.5 Å². The molecule has 1 aliphatic carbocycles. The van der Waals surface area contributed by atoms with Crippen molar-refractivity contribution in [2.45, 2.75) is 58.8 Å². The first-order valence-electron chi connectivity index (χ1n) is 7.37. The van der Waals surface area contributed by atoms with E-state index in [4.69, 9.17) is 10.5 Å². The third kappa shape index (κ3) is 3.96. The van der Waals surface area contributed by atoms with Crippen molar-refractivity contribution in [2.75, 3.05) is 20.3 Å². The van der Waals surface area contributed by atoms with Crippen LogP contribution in [0.2, 0.25) is 0 Å². The molecule has 0 amide bonds. The zero-order valence-corrected chi connectivity index (χ0v) is 12.0. The molecule has 2 N–H and O–H groups in total. The number of ether oxygens (including phenoxy) is 1. The lowest BCUT2D eigenvalue weighted by atomic mass is 9.63. The second-order valence-electron chi connectivity index (χ2n) is 6.01. The van der Waals surface area contributed by atoms with Gasteiger partial charge < -0.3 is 10.5 Å². The molecule has 17 heavy (non-hydrogen) atoms. The zero-order valence-electron chi connectivity index (χ0n) is 12.0. The quantitative estimate of drug-likeness (QED) is 0.739. The van der Waals surface area contributed by atoms with E-state index in [9.17, 15) is 0 Å². The number of rotatable bonds is 7. The molecular weight excluding hydrogens is 210 g/mol. The van der Waals surface area contributed by atoms with Crippen LogP contribution in [0.3, 0.4) is 0 Å². The van der Waals surface area contributed by atoms with Crippen molar-refractivity contribution in [1.82, 2.24) is 0 Å². The van der Waals surface area contributed by atoms with Gasteiger partial charge in [-0.2, -0.15) is 0 Å². The van der Waals surface area contributed by atoms with Crippen LogP contribution in [-0.2, 0) is 4.74 Å². The second kappa shape index (κ2) is 7.38. The first-order valence-corrected chi connectivity index (χ1v) is 7.37. The number of methoxy groups -OCH3 is 1. The SMILES string of the molecule is CCCCC1CCC(CN)(C(C)COC)CC1. The van der Waals surface area contributed by atoms with Gasteiger partial charge in [-0.1, -0.05) is 33.1 Å². The fraction of sp³-hybridized carbons (Fsp3) is 1.00. The lowest BCUT2D eigenvalue weighted by Crippen LogP contribution is -2.41. The highest BCUT2D eigenvalue weighted by Gasteiger charge is 2.38. The maximum absolute atomic E-state index is 6.06. The molecule has 2 heteroatoms. The molecule has 102 valence electrons. The minimum atomic E-state index is 0.360. The minimum Gasteiger partial charge on any atom is -0.384 e. The molecule has 0 spiro atoms. The van der Waals surface area contributed by atoms with Crippen molar-refractivity contribution < 1.29 is 4.74 Å². The Kier molecular flexibility index (Phi) is 6.50. The molecule has 0 aromatic rings. The third-order valence-electron chi connectivity index (χ3n) is 4.94. The predicted molar refractivity (Wildman–Crippen MR) is 74.0 cm³/mol. The molecule has 0 radical (unpaired) electrons. The van der Waals surface area contributed by atoms with Gasteiger partial charge in [0.05, 0.1) is 0 Å². The van der Waals surface area contributed by atoms with E-state index in [2.05, 4.69) is 13.8 Å². The van der Waals surface area contributed by atoms with Gasteiger partial charge in [-0.25, -0.2) is 0 Å². The summed E-state index contributed by atoms with van der Waals surface area (Å²) in [5.74, 6) is 1.56. The molecule has 1 atom stereocenters. The Morgan fingerprint density at radius 2 is 2.00 bits per heavy atom. The summed E-state index contributed by atoms with van der Waals surface area (Å²) in [6.07, 6.45) is 9.53. The summed E-state index contributed by atoms with van der Waals surface area (Å²) in [4.78, 5) is 0. The molecule has 1 aliphatic rings. The van der Waals surface area contributed by atoms with Gasteiger partial charge >= 0.3 is 0 Å². The van der Waals surface area contributed by atoms with Crippen LogP contribution in [0.4, 0.5) is 0 Å². The zero-order chi connectivity index (χ0) is 12.7. The molecule has 0 aliphatic heterocycles. The Hall–Kier alpha value is -0.0800. The lowest BCUT2D eigenvalue weighted by molar-refractivity contribution is 0.0325. The largest absolute Gasteiger partial charge is 0.384 e. The van der Waals surface area contributed by atoms with E-state index in [0.29, 0.717) is 11.3 Å². The summed E-state index contributed by atoms with van der Waals surface area (Å²) in [5.41, 5.74) is 6.42. The van der Waals surface area contributed by atoms with Crippen LogP contribution in [0.15, 0.2) is 0 Å². The van der Waals surface area contributed by atoms with E-state index in [1.807, 2.05) is 0 Å². The van der Waals surface area contributed by atoms with Crippen molar-refractivity contribution in [3.63, 3.8) is 0 Å². The third-order valence-corrected chi connectivity index (χ3v) is 4.94. The van der Waals surface area contributed by atoms with Gasteiger partial charge in [0.2, 0.25) is 0 Å². The highest BCUT2D eigenvalue weighted by molar-refractivity contribution is 4.90. The molecule has 2 nitrogen and oxygen atoms in total. The van der Waals surface area contributed by atoms with Crippen LogP contribution >= 0.6 is 0 Å². The fourth-order valence-electron chi connectivity index (χ4n) is 3.36. The molecule has 0 aromatic heterocycles. The van der Waals surface area contributed by atoms with Crippen molar-refractivity contribution in [1.29, 1.82) is 0 Å². The molecule has 0 aromatic carbocycles. The van der Waals surface area contributed by atoms with Crippen molar-refractivity contribution in [3.05, 3.63) is 0 Å². The van der Waals surface area contributed by atoms with E-state index < -0.39 is 0 Å². The number of hydrogen-bond donors (Lipinski definition) is 1. The molecule has 1 unspecified atom stereocenters. The van der Waals surface area contributed by atoms with Gasteiger partial charge in [0, 0.05) is 13.7 Å². The first-order chi connectivity index (χ1) is 8.18. The van der Waals surface area contributed by atoms with E-state index in [1.54, 1.807) is 7.11 Å². The molecule has 0 saturated heterocycles. The Bertz CT molecular complexity index is 197. The fourth-order valence-corrected chi connectivity index (χ4v) is 3.36. The Morgan fingerprint density at radius 3 is 2.47 bits per heavy atom. The monoisotopic (exact) mass is 241 g/mol. The molecule has 0 bridgehead atoms. The molecule has 0 heterocycles. The van der Waals surface area contributed by atoms with E-state index in [-0.39, 0.29) is 0 Å². The summed E-state index contributed by atoms with van der Waals surface area (Å²) in [6.45, 7) is 6.28. The van der Waals surface area contributed by atoms with Gasteiger partial charge in [0.1, 0.15) is 0 Å². The Morgan fingerprint density at radius 1 is 1.35 bits per heavy atom. The Balaban J connectivity index is 2.45.